The van der Waals surface area contributed by atoms with Crippen molar-refractivity contribution < 1.29 is 4.39 Å². The largest absolute Gasteiger partial charge is 0.319 e. The van der Waals surface area contributed by atoms with Crippen LogP contribution in [0.1, 0.15) is 24.8 Å². The fourth-order valence-electron chi connectivity index (χ4n) is 3.00. The molecule has 0 radical (unpaired) electrons. The monoisotopic (exact) mass is 264 g/mol. The first-order valence-corrected chi connectivity index (χ1v) is 7.40. The van der Waals surface area contributed by atoms with Crippen molar-refractivity contribution in [3.05, 3.63) is 35.6 Å². The maximum absolute atomic E-state index is 13.5. The number of halogens is 1. The third-order valence-electron chi connectivity index (χ3n) is 3.97. The molecule has 1 saturated heterocycles. The Morgan fingerprint density at radius 2 is 2.21 bits per heavy atom. The van der Waals surface area contributed by atoms with Gasteiger partial charge < -0.3 is 10.2 Å². The predicted octanol–water partition coefficient (Wildman–Crippen LogP) is 2.69. The highest BCUT2D eigenvalue weighted by Gasteiger charge is 2.18. The number of nitrogens with one attached hydrogen (secondary N) is 1. The Labute approximate surface area is 116 Å². The molecule has 1 aliphatic rings. The van der Waals surface area contributed by atoms with Crippen LogP contribution in [0.5, 0.6) is 0 Å². The Morgan fingerprint density at radius 1 is 1.37 bits per heavy atom. The van der Waals surface area contributed by atoms with Crippen LogP contribution >= 0.6 is 0 Å². The van der Waals surface area contributed by atoms with Crippen LogP contribution in [0.3, 0.4) is 0 Å². The van der Waals surface area contributed by atoms with Crippen molar-refractivity contribution in [1.82, 2.24) is 10.2 Å². The quantitative estimate of drug-likeness (QED) is 0.850. The number of hydrogen-bond donors (Lipinski definition) is 1. The molecule has 1 N–H and O–H groups in total. The van der Waals surface area contributed by atoms with Crippen molar-refractivity contribution in [2.45, 2.75) is 25.7 Å². The van der Waals surface area contributed by atoms with E-state index in [9.17, 15) is 4.39 Å². The highest BCUT2D eigenvalue weighted by molar-refractivity contribution is 5.17. The van der Waals surface area contributed by atoms with Crippen LogP contribution in [0.2, 0.25) is 0 Å². The van der Waals surface area contributed by atoms with Crippen molar-refractivity contribution in [2.24, 2.45) is 5.92 Å². The average molecular weight is 264 g/mol. The zero-order valence-electron chi connectivity index (χ0n) is 11.9. The number of nitrogens with zero attached hydrogens (tertiary/aromatic N) is 1. The molecule has 2 rings (SSSR count). The summed E-state index contributed by atoms with van der Waals surface area (Å²) in [5.74, 6) is 0.724. The summed E-state index contributed by atoms with van der Waals surface area (Å²) in [6, 6.07) is 7.13. The molecule has 19 heavy (non-hydrogen) atoms. The fourth-order valence-corrected chi connectivity index (χ4v) is 3.00. The van der Waals surface area contributed by atoms with Gasteiger partial charge in [-0.25, -0.2) is 4.39 Å². The van der Waals surface area contributed by atoms with Gasteiger partial charge in [0, 0.05) is 6.54 Å². The lowest BCUT2D eigenvalue weighted by Gasteiger charge is -2.32. The average Bonchev–Trinajstić information content (AvgIpc) is 2.42. The van der Waals surface area contributed by atoms with E-state index in [1.165, 1.54) is 25.9 Å². The minimum atomic E-state index is -0.0609. The Kier molecular flexibility index (Phi) is 5.80. The molecule has 0 spiro atoms. The zero-order valence-corrected chi connectivity index (χ0v) is 11.9. The van der Waals surface area contributed by atoms with Gasteiger partial charge in [-0.05, 0) is 69.9 Å². The SMILES string of the molecule is CNCC1CCCN(CCCc2ccccc2F)C1. The second kappa shape index (κ2) is 7.61. The summed E-state index contributed by atoms with van der Waals surface area (Å²) < 4.78 is 13.5. The highest BCUT2D eigenvalue weighted by Crippen LogP contribution is 2.16. The van der Waals surface area contributed by atoms with E-state index in [-0.39, 0.29) is 5.82 Å². The van der Waals surface area contributed by atoms with Gasteiger partial charge in [0.05, 0.1) is 0 Å². The lowest BCUT2D eigenvalue weighted by Crippen LogP contribution is -2.39. The van der Waals surface area contributed by atoms with Crippen molar-refractivity contribution in [3.63, 3.8) is 0 Å². The molecule has 0 aliphatic carbocycles. The van der Waals surface area contributed by atoms with Crippen molar-refractivity contribution in [3.8, 4) is 0 Å². The number of hydrogen-bond acceptors (Lipinski definition) is 2. The maximum atomic E-state index is 13.5. The third kappa shape index (κ3) is 4.59. The molecule has 3 heteroatoms. The van der Waals surface area contributed by atoms with Gasteiger partial charge in [0.1, 0.15) is 5.82 Å². The first-order chi connectivity index (χ1) is 9.29. The minimum Gasteiger partial charge on any atom is -0.319 e. The Balaban J connectivity index is 1.72. The van der Waals surface area contributed by atoms with Gasteiger partial charge in [-0.3, -0.25) is 0 Å². The normalized spacial score (nSPS) is 20.6. The number of likely N-dealkylation sites (tertiary alicyclic amines) is 1. The topological polar surface area (TPSA) is 15.3 Å². The number of aryl methyl sites for hydroxylation is 1. The Morgan fingerprint density at radius 3 is 3.00 bits per heavy atom. The van der Waals surface area contributed by atoms with Crippen LogP contribution in [0.15, 0.2) is 24.3 Å². The summed E-state index contributed by atoms with van der Waals surface area (Å²) in [6.45, 7) is 4.61. The summed E-state index contributed by atoms with van der Waals surface area (Å²) in [4.78, 5) is 2.53. The molecule has 1 fully saturated rings. The van der Waals surface area contributed by atoms with E-state index in [0.717, 1.165) is 37.4 Å². The molecular formula is C16H25FN2. The van der Waals surface area contributed by atoms with Gasteiger partial charge >= 0.3 is 0 Å². The minimum absolute atomic E-state index is 0.0609. The van der Waals surface area contributed by atoms with Crippen molar-refractivity contribution in [2.75, 3.05) is 33.2 Å². The molecule has 106 valence electrons. The molecular weight excluding hydrogens is 239 g/mol. The Hall–Kier alpha value is -0.930. The lowest BCUT2D eigenvalue weighted by atomic mass is 9.97. The second-order valence-corrected chi connectivity index (χ2v) is 5.56. The standard InChI is InChI=1S/C16H25FN2/c1-18-12-14-6-4-10-19(13-14)11-5-8-15-7-2-3-9-16(15)17/h2-3,7,9,14,18H,4-6,8,10-13H2,1H3. The molecule has 0 amide bonds. The van der Waals surface area contributed by atoms with Crippen LogP contribution < -0.4 is 5.32 Å². The molecule has 1 unspecified atom stereocenters. The van der Waals surface area contributed by atoms with Crippen LogP contribution in [0.4, 0.5) is 4.39 Å². The summed E-state index contributed by atoms with van der Waals surface area (Å²) in [6.07, 6.45) is 4.53. The fraction of sp³-hybridized carbons (Fsp3) is 0.625. The summed E-state index contributed by atoms with van der Waals surface area (Å²) in [5.41, 5.74) is 0.853. The molecule has 1 atom stereocenters. The van der Waals surface area contributed by atoms with E-state index >= 15 is 0 Å². The van der Waals surface area contributed by atoms with E-state index in [1.54, 1.807) is 12.1 Å². The third-order valence-corrected chi connectivity index (χ3v) is 3.97. The summed E-state index contributed by atoms with van der Waals surface area (Å²) in [7, 11) is 2.02. The molecule has 0 bridgehead atoms. The summed E-state index contributed by atoms with van der Waals surface area (Å²) in [5, 5.41) is 3.27. The molecule has 0 saturated carbocycles. The van der Waals surface area contributed by atoms with E-state index in [4.69, 9.17) is 0 Å². The van der Waals surface area contributed by atoms with E-state index < -0.39 is 0 Å². The molecule has 1 aliphatic heterocycles. The number of rotatable bonds is 6. The first kappa shape index (κ1) is 14.5. The molecule has 1 heterocycles. The smallest absolute Gasteiger partial charge is 0.126 e. The van der Waals surface area contributed by atoms with E-state index in [0.29, 0.717) is 0 Å². The van der Waals surface area contributed by atoms with Crippen LogP contribution in [0, 0.1) is 11.7 Å². The van der Waals surface area contributed by atoms with Crippen LogP contribution in [0.25, 0.3) is 0 Å². The number of benzene rings is 1. The predicted molar refractivity (Wildman–Crippen MR) is 77.8 cm³/mol. The lowest BCUT2D eigenvalue weighted by molar-refractivity contribution is 0.172. The van der Waals surface area contributed by atoms with Gasteiger partial charge in [-0.2, -0.15) is 0 Å². The van der Waals surface area contributed by atoms with Gasteiger partial charge in [-0.1, -0.05) is 18.2 Å². The van der Waals surface area contributed by atoms with Crippen molar-refractivity contribution >= 4 is 0 Å². The van der Waals surface area contributed by atoms with Gasteiger partial charge in [-0.15, -0.1) is 0 Å². The van der Waals surface area contributed by atoms with Crippen LogP contribution in [-0.2, 0) is 6.42 Å². The van der Waals surface area contributed by atoms with Crippen molar-refractivity contribution in [1.29, 1.82) is 0 Å². The number of piperidine rings is 1. The molecule has 2 nitrogen and oxygen atoms in total. The molecule has 1 aromatic carbocycles. The molecule has 0 aromatic heterocycles. The van der Waals surface area contributed by atoms with Gasteiger partial charge in [0.15, 0.2) is 0 Å². The maximum Gasteiger partial charge on any atom is 0.126 e. The van der Waals surface area contributed by atoms with Gasteiger partial charge in [0.25, 0.3) is 0 Å². The van der Waals surface area contributed by atoms with Gasteiger partial charge in [0.2, 0.25) is 0 Å². The van der Waals surface area contributed by atoms with Crippen LogP contribution in [-0.4, -0.2) is 38.1 Å². The second-order valence-electron chi connectivity index (χ2n) is 5.56. The van der Waals surface area contributed by atoms with E-state index in [1.807, 2.05) is 19.2 Å². The zero-order chi connectivity index (χ0) is 13.5. The first-order valence-electron chi connectivity index (χ1n) is 7.40. The molecule has 1 aromatic rings. The Bertz CT molecular complexity index is 379. The van der Waals surface area contributed by atoms with E-state index in [2.05, 4.69) is 10.2 Å². The summed E-state index contributed by atoms with van der Waals surface area (Å²) >= 11 is 0. The highest BCUT2D eigenvalue weighted by atomic mass is 19.1.